The molecule has 10 nitrogen and oxygen atoms in total. The van der Waals surface area contributed by atoms with Gasteiger partial charge in [-0.05, 0) is 24.6 Å². The highest BCUT2D eigenvalue weighted by molar-refractivity contribution is 6.15. The van der Waals surface area contributed by atoms with Crippen molar-refractivity contribution in [1.82, 2.24) is 14.8 Å². The number of benzene rings is 2. The number of urea groups is 1. The molecule has 0 radical (unpaired) electrons. The van der Waals surface area contributed by atoms with Crippen LogP contribution < -0.4 is 5.32 Å². The molecule has 33 heavy (non-hydrogen) atoms. The van der Waals surface area contributed by atoms with Crippen molar-refractivity contribution in [1.29, 1.82) is 0 Å². The summed E-state index contributed by atoms with van der Waals surface area (Å²) in [4.78, 5) is 47.7. The van der Waals surface area contributed by atoms with Crippen molar-refractivity contribution in [3.8, 4) is 0 Å². The van der Waals surface area contributed by atoms with Crippen molar-refractivity contribution >= 4 is 40.6 Å². The molecule has 0 bridgehead atoms. The van der Waals surface area contributed by atoms with Crippen LogP contribution in [0.15, 0.2) is 54.2 Å². The second-order valence-corrected chi connectivity index (χ2v) is 7.48. The Morgan fingerprint density at radius 3 is 2.52 bits per heavy atom. The molecule has 168 valence electrons. The molecule has 1 saturated heterocycles. The van der Waals surface area contributed by atoms with E-state index in [1.807, 2.05) is 35.8 Å². The average molecular weight is 448 g/mol. The number of fused-ring (bicyclic) bond motifs is 1. The monoisotopic (exact) mass is 448 g/mol. The maximum Gasteiger partial charge on any atom is 0.329 e. The number of amides is 3. The molecule has 0 unspecified atom stereocenters. The van der Waals surface area contributed by atoms with E-state index in [9.17, 15) is 24.5 Å². The average Bonchev–Trinajstić information content (AvgIpc) is 3.22. The number of aromatic nitrogens is 1. The zero-order chi connectivity index (χ0) is 23.7. The van der Waals surface area contributed by atoms with Gasteiger partial charge in [0.05, 0.1) is 12.0 Å². The number of non-ortho nitro benzene ring substituents is 1. The van der Waals surface area contributed by atoms with Crippen molar-refractivity contribution in [2.45, 2.75) is 13.5 Å². The largest absolute Gasteiger partial charge is 0.468 e. The Kier molecular flexibility index (Phi) is 5.65. The Labute approximate surface area is 188 Å². The molecule has 1 N–H and O–H groups in total. The summed E-state index contributed by atoms with van der Waals surface area (Å²) in [6, 6.07) is 13.3. The van der Waals surface area contributed by atoms with Crippen LogP contribution in [-0.2, 0) is 20.9 Å². The number of imide groups is 1. The molecular formula is C23H20N4O6. The molecule has 0 atom stereocenters. The Morgan fingerprint density at radius 1 is 1.15 bits per heavy atom. The van der Waals surface area contributed by atoms with Crippen molar-refractivity contribution in [3.05, 3.63) is 81.2 Å². The van der Waals surface area contributed by atoms with E-state index in [0.29, 0.717) is 6.54 Å². The summed E-state index contributed by atoms with van der Waals surface area (Å²) in [5.41, 5.74) is 3.45. The summed E-state index contributed by atoms with van der Waals surface area (Å²) < 4.78 is 6.58. The number of hydrogen-bond acceptors (Lipinski definition) is 6. The fraction of sp³-hybridized carbons (Fsp3) is 0.174. The van der Waals surface area contributed by atoms with Crippen LogP contribution in [0.5, 0.6) is 0 Å². The highest BCUT2D eigenvalue weighted by Gasteiger charge is 2.35. The molecule has 1 aliphatic rings. The van der Waals surface area contributed by atoms with E-state index in [4.69, 9.17) is 0 Å². The number of carbonyl (C=O) groups is 3. The van der Waals surface area contributed by atoms with Gasteiger partial charge in [0.25, 0.3) is 11.6 Å². The zero-order valence-electron chi connectivity index (χ0n) is 17.9. The number of carbonyl (C=O) groups excluding carboxylic acids is 3. The second-order valence-electron chi connectivity index (χ2n) is 7.48. The summed E-state index contributed by atoms with van der Waals surface area (Å²) in [6.45, 7) is 1.88. The van der Waals surface area contributed by atoms with Gasteiger partial charge in [0.2, 0.25) is 0 Å². The van der Waals surface area contributed by atoms with Crippen molar-refractivity contribution in [2.75, 3.05) is 13.7 Å². The van der Waals surface area contributed by atoms with Crippen LogP contribution in [0, 0.1) is 17.0 Å². The fourth-order valence-electron chi connectivity index (χ4n) is 3.80. The first-order valence-electron chi connectivity index (χ1n) is 10.0. The molecule has 0 spiro atoms. The van der Waals surface area contributed by atoms with Gasteiger partial charge in [-0.1, -0.05) is 30.3 Å². The van der Waals surface area contributed by atoms with Crippen LogP contribution in [0.25, 0.3) is 17.0 Å². The number of rotatable bonds is 6. The molecule has 10 heteroatoms. The Balaban J connectivity index is 1.72. The molecular weight excluding hydrogens is 428 g/mol. The molecule has 4 rings (SSSR count). The smallest absolute Gasteiger partial charge is 0.329 e. The first-order chi connectivity index (χ1) is 15.8. The lowest BCUT2D eigenvalue weighted by Gasteiger charge is -2.09. The van der Waals surface area contributed by atoms with Crippen LogP contribution >= 0.6 is 0 Å². The highest BCUT2D eigenvalue weighted by atomic mass is 16.6. The van der Waals surface area contributed by atoms with Crippen LogP contribution in [0.1, 0.15) is 16.8 Å². The minimum absolute atomic E-state index is 0.0188. The third-order valence-corrected chi connectivity index (χ3v) is 5.53. The van der Waals surface area contributed by atoms with E-state index < -0.39 is 29.4 Å². The maximum absolute atomic E-state index is 12.7. The molecule has 1 fully saturated rings. The highest BCUT2D eigenvalue weighted by Crippen LogP contribution is 2.29. The summed E-state index contributed by atoms with van der Waals surface area (Å²) in [5.74, 6) is -1.31. The van der Waals surface area contributed by atoms with Gasteiger partial charge in [-0.15, -0.1) is 0 Å². The number of hydrogen-bond donors (Lipinski definition) is 1. The van der Waals surface area contributed by atoms with Crippen molar-refractivity contribution < 1.29 is 24.0 Å². The second kappa shape index (κ2) is 8.58. The normalized spacial score (nSPS) is 14.7. The maximum atomic E-state index is 12.7. The molecule has 0 saturated carbocycles. The first-order valence-corrected chi connectivity index (χ1v) is 10.0. The number of methoxy groups -OCH3 is 1. The molecule has 1 aliphatic heterocycles. The van der Waals surface area contributed by atoms with Gasteiger partial charge in [0.1, 0.15) is 12.2 Å². The molecule has 0 aliphatic carbocycles. The molecule has 1 aromatic heterocycles. The lowest BCUT2D eigenvalue weighted by Crippen LogP contribution is -2.36. The zero-order valence-corrected chi connectivity index (χ0v) is 17.9. The van der Waals surface area contributed by atoms with Gasteiger partial charge in [0.15, 0.2) is 0 Å². The number of nitrogens with zero attached hydrogens (tertiary/aromatic N) is 3. The predicted octanol–water partition coefficient (Wildman–Crippen LogP) is 2.97. The van der Waals surface area contributed by atoms with E-state index in [1.165, 1.54) is 19.2 Å². The number of nitrogens with one attached hydrogen (secondary N) is 1. The van der Waals surface area contributed by atoms with Gasteiger partial charge >= 0.3 is 12.0 Å². The standard InChI is InChI=1S/C23H20N4O6/c1-14-18(11-19-22(29)26(23(30)24-19)13-21(28)33-2)17-5-3-4-6-20(17)25(14)12-15-7-9-16(10-8-15)27(31)32/h3-11H,12-13H2,1-2H3,(H,24,30)/b19-11+. The van der Waals surface area contributed by atoms with Crippen LogP contribution in [0.4, 0.5) is 10.5 Å². The summed E-state index contributed by atoms with van der Waals surface area (Å²) in [7, 11) is 1.18. The Morgan fingerprint density at radius 2 is 1.85 bits per heavy atom. The van der Waals surface area contributed by atoms with Gasteiger partial charge in [-0.3, -0.25) is 19.7 Å². The predicted molar refractivity (Wildman–Crippen MR) is 119 cm³/mol. The van der Waals surface area contributed by atoms with Crippen LogP contribution in [0.2, 0.25) is 0 Å². The van der Waals surface area contributed by atoms with Crippen LogP contribution in [0.3, 0.4) is 0 Å². The summed E-state index contributed by atoms with van der Waals surface area (Å²) in [6.07, 6.45) is 1.60. The summed E-state index contributed by atoms with van der Waals surface area (Å²) in [5, 5.41) is 14.3. The minimum Gasteiger partial charge on any atom is -0.468 e. The summed E-state index contributed by atoms with van der Waals surface area (Å²) >= 11 is 0. The van der Waals surface area contributed by atoms with Crippen LogP contribution in [-0.4, -0.2) is 46.0 Å². The number of nitro benzene ring substituents is 1. The van der Waals surface area contributed by atoms with E-state index in [1.54, 1.807) is 18.2 Å². The van der Waals surface area contributed by atoms with E-state index >= 15 is 0 Å². The third kappa shape index (κ3) is 4.05. The first kappa shape index (κ1) is 21.8. The van der Waals surface area contributed by atoms with E-state index in [2.05, 4.69) is 10.1 Å². The third-order valence-electron chi connectivity index (χ3n) is 5.53. The van der Waals surface area contributed by atoms with Crippen molar-refractivity contribution in [2.24, 2.45) is 0 Å². The van der Waals surface area contributed by atoms with Crippen molar-refractivity contribution in [3.63, 3.8) is 0 Å². The molecule has 3 aromatic rings. The quantitative estimate of drug-likeness (QED) is 0.203. The Bertz CT molecular complexity index is 1320. The van der Waals surface area contributed by atoms with Gasteiger partial charge in [-0.2, -0.15) is 0 Å². The number of nitro groups is 1. The van der Waals surface area contributed by atoms with Gasteiger partial charge in [-0.25, -0.2) is 9.69 Å². The van der Waals surface area contributed by atoms with Gasteiger partial charge in [0, 0.05) is 40.8 Å². The molecule has 2 heterocycles. The van der Waals surface area contributed by atoms with Gasteiger partial charge < -0.3 is 14.6 Å². The lowest BCUT2D eigenvalue weighted by atomic mass is 10.1. The number of para-hydroxylation sites is 1. The molecule has 2 aromatic carbocycles. The number of ether oxygens (including phenoxy) is 1. The topological polar surface area (TPSA) is 124 Å². The molecule has 3 amide bonds. The SMILES string of the molecule is COC(=O)CN1C(=O)N/C(=C/c2c(C)n(Cc3ccc([N+](=O)[O-])cc3)c3ccccc23)C1=O. The number of esters is 1. The minimum atomic E-state index is -0.698. The van der Waals surface area contributed by atoms with E-state index in [-0.39, 0.29) is 11.4 Å². The lowest BCUT2D eigenvalue weighted by molar-refractivity contribution is -0.384. The Hall–Kier alpha value is -4.47. The fourth-order valence-corrected chi connectivity index (χ4v) is 3.80. The van der Waals surface area contributed by atoms with E-state index in [0.717, 1.165) is 32.6 Å².